The van der Waals surface area contributed by atoms with Crippen LogP contribution >= 0.6 is 0 Å². The average molecular weight is 347 g/mol. The molecule has 2 aromatic rings. The molecule has 128 valence electrons. The van der Waals surface area contributed by atoms with Crippen LogP contribution in [0.5, 0.6) is 5.75 Å². The van der Waals surface area contributed by atoms with Crippen LogP contribution in [0.3, 0.4) is 0 Å². The van der Waals surface area contributed by atoms with Gasteiger partial charge in [-0.15, -0.1) is 0 Å². The third kappa shape index (κ3) is 4.58. The van der Waals surface area contributed by atoms with E-state index >= 15 is 0 Å². The Hall–Kier alpha value is -2.34. The number of hydrogen-bond acceptors (Lipinski definition) is 4. The maximum absolute atomic E-state index is 12.5. The lowest BCUT2D eigenvalue weighted by Crippen LogP contribution is -2.40. The smallest absolute Gasteiger partial charge is 0.265 e. The van der Waals surface area contributed by atoms with Gasteiger partial charge in [0.1, 0.15) is 5.75 Å². The molecule has 0 aliphatic rings. The summed E-state index contributed by atoms with van der Waals surface area (Å²) in [5.41, 5.74) is 0.813. The van der Waals surface area contributed by atoms with Crippen molar-refractivity contribution < 1.29 is 17.9 Å². The highest BCUT2D eigenvalue weighted by Crippen LogP contribution is 2.19. The lowest BCUT2D eigenvalue weighted by Gasteiger charge is -2.26. The summed E-state index contributed by atoms with van der Waals surface area (Å²) in [6.07, 6.45) is 1.15. The Kier molecular flexibility index (Phi) is 5.62. The molecule has 24 heavy (non-hydrogen) atoms. The lowest BCUT2D eigenvalue weighted by atomic mass is 10.2. The minimum Gasteiger partial charge on any atom is -0.484 e. The van der Waals surface area contributed by atoms with Crippen molar-refractivity contribution >= 4 is 21.4 Å². The predicted molar refractivity (Wildman–Crippen MR) is 94.1 cm³/mol. The summed E-state index contributed by atoms with van der Waals surface area (Å²) in [6.45, 7) is 3.75. The number of rotatable bonds is 6. The van der Waals surface area contributed by atoms with E-state index in [4.69, 9.17) is 4.74 Å². The minimum absolute atomic E-state index is 0.00360. The van der Waals surface area contributed by atoms with Gasteiger partial charge in [-0.25, -0.2) is 8.42 Å². The maximum atomic E-state index is 12.5. The van der Waals surface area contributed by atoms with Crippen LogP contribution in [0.4, 0.5) is 5.69 Å². The van der Waals surface area contributed by atoms with Crippen LogP contribution in [0.15, 0.2) is 59.5 Å². The number of carbonyl (C=O) groups excluding carboxylic acids is 1. The summed E-state index contributed by atoms with van der Waals surface area (Å²) in [5, 5.41) is 0. The molecule has 0 saturated heterocycles. The summed E-state index contributed by atoms with van der Waals surface area (Å²) < 4.78 is 28.4. The molecule has 0 radical (unpaired) electrons. The van der Waals surface area contributed by atoms with Gasteiger partial charge in [-0.2, -0.15) is 0 Å². The molecule has 2 rings (SSSR count). The summed E-state index contributed by atoms with van der Waals surface area (Å²) in [5.74, 6) is 0.288. The van der Waals surface area contributed by atoms with Gasteiger partial charge in [0.15, 0.2) is 16.4 Å². The maximum Gasteiger partial charge on any atom is 0.265 e. The zero-order chi connectivity index (χ0) is 17.7. The van der Waals surface area contributed by atoms with Crippen molar-refractivity contribution in [2.75, 3.05) is 17.8 Å². The molecule has 0 N–H and O–H groups in total. The number of anilines is 1. The molecule has 0 unspecified atom stereocenters. The zero-order valence-corrected chi connectivity index (χ0v) is 14.8. The fourth-order valence-corrected chi connectivity index (χ4v) is 2.95. The highest BCUT2D eigenvalue weighted by Gasteiger charge is 2.19. The largest absolute Gasteiger partial charge is 0.484 e. The Labute approximate surface area is 142 Å². The second kappa shape index (κ2) is 7.49. The van der Waals surface area contributed by atoms with Gasteiger partial charge in [-0.3, -0.25) is 4.79 Å². The second-order valence-electron chi connectivity index (χ2n) is 5.73. The van der Waals surface area contributed by atoms with Gasteiger partial charge in [0.25, 0.3) is 5.91 Å². The van der Waals surface area contributed by atoms with Crippen LogP contribution in [0.1, 0.15) is 13.8 Å². The third-order valence-electron chi connectivity index (χ3n) is 3.43. The SMILES string of the molecule is CC(C)N(C(=O)COc1ccc(S(C)(=O)=O)cc1)c1ccccc1. The molecule has 0 bridgehead atoms. The standard InChI is InChI=1S/C18H21NO4S/c1-14(2)19(15-7-5-4-6-8-15)18(20)13-23-16-9-11-17(12-10-16)24(3,21)22/h4-12,14H,13H2,1-3H3. The quantitative estimate of drug-likeness (QED) is 0.806. The molecule has 0 spiro atoms. The van der Waals surface area contributed by atoms with Crippen molar-refractivity contribution in [3.63, 3.8) is 0 Å². The summed E-state index contributed by atoms with van der Waals surface area (Å²) in [7, 11) is -3.24. The molecule has 0 saturated carbocycles. The van der Waals surface area contributed by atoms with E-state index in [1.807, 2.05) is 44.2 Å². The average Bonchev–Trinajstić information content (AvgIpc) is 2.53. The van der Waals surface area contributed by atoms with Crippen molar-refractivity contribution in [1.29, 1.82) is 0 Å². The van der Waals surface area contributed by atoms with Gasteiger partial charge in [0.2, 0.25) is 0 Å². The second-order valence-corrected chi connectivity index (χ2v) is 7.74. The fraction of sp³-hybridized carbons (Fsp3) is 0.278. The molecule has 0 atom stereocenters. The number of para-hydroxylation sites is 1. The first-order valence-corrected chi connectivity index (χ1v) is 9.48. The Morgan fingerprint density at radius 2 is 1.62 bits per heavy atom. The first kappa shape index (κ1) is 18.0. The number of nitrogens with zero attached hydrogens (tertiary/aromatic N) is 1. The highest BCUT2D eigenvalue weighted by atomic mass is 32.2. The predicted octanol–water partition coefficient (Wildman–Crippen LogP) is 2.91. The number of sulfone groups is 1. The molecule has 1 amide bonds. The van der Waals surface area contributed by atoms with Crippen molar-refractivity contribution in [3.05, 3.63) is 54.6 Å². The van der Waals surface area contributed by atoms with E-state index in [0.717, 1.165) is 11.9 Å². The minimum atomic E-state index is -3.24. The summed E-state index contributed by atoms with van der Waals surface area (Å²) in [4.78, 5) is 14.4. The molecular formula is C18H21NO4S. The molecule has 0 aliphatic heterocycles. The van der Waals surface area contributed by atoms with E-state index in [0.29, 0.717) is 5.75 Å². The first-order chi connectivity index (χ1) is 11.3. The van der Waals surface area contributed by atoms with Crippen LogP contribution in [0.25, 0.3) is 0 Å². The zero-order valence-electron chi connectivity index (χ0n) is 14.0. The van der Waals surface area contributed by atoms with E-state index in [1.54, 1.807) is 17.0 Å². The van der Waals surface area contributed by atoms with Crippen molar-refractivity contribution in [2.45, 2.75) is 24.8 Å². The van der Waals surface area contributed by atoms with E-state index in [-0.39, 0.29) is 23.5 Å². The topological polar surface area (TPSA) is 63.7 Å². The highest BCUT2D eigenvalue weighted by molar-refractivity contribution is 7.90. The van der Waals surface area contributed by atoms with Gasteiger partial charge >= 0.3 is 0 Å². The van der Waals surface area contributed by atoms with Crippen LogP contribution in [0.2, 0.25) is 0 Å². The van der Waals surface area contributed by atoms with E-state index in [2.05, 4.69) is 0 Å². The van der Waals surface area contributed by atoms with Crippen molar-refractivity contribution in [1.82, 2.24) is 0 Å². The Morgan fingerprint density at radius 3 is 2.12 bits per heavy atom. The number of benzene rings is 2. The van der Waals surface area contributed by atoms with Gasteiger partial charge < -0.3 is 9.64 Å². The number of ether oxygens (including phenoxy) is 1. The summed E-state index contributed by atoms with van der Waals surface area (Å²) in [6, 6.07) is 15.4. The molecule has 0 heterocycles. The van der Waals surface area contributed by atoms with Gasteiger partial charge in [-0.05, 0) is 50.2 Å². The van der Waals surface area contributed by atoms with Gasteiger partial charge in [-0.1, -0.05) is 18.2 Å². The van der Waals surface area contributed by atoms with Crippen LogP contribution in [-0.2, 0) is 14.6 Å². The fourth-order valence-electron chi connectivity index (χ4n) is 2.32. The molecular weight excluding hydrogens is 326 g/mol. The molecule has 6 heteroatoms. The Morgan fingerprint density at radius 1 is 1.04 bits per heavy atom. The number of carbonyl (C=O) groups is 1. The molecule has 0 fully saturated rings. The number of amides is 1. The molecule has 0 aliphatic carbocycles. The third-order valence-corrected chi connectivity index (χ3v) is 4.56. The Bertz CT molecular complexity index is 784. The summed E-state index contributed by atoms with van der Waals surface area (Å²) >= 11 is 0. The molecule has 5 nitrogen and oxygen atoms in total. The number of hydrogen-bond donors (Lipinski definition) is 0. The van der Waals surface area contributed by atoms with E-state index < -0.39 is 9.84 Å². The van der Waals surface area contributed by atoms with Crippen molar-refractivity contribution in [2.24, 2.45) is 0 Å². The molecule has 0 aromatic heterocycles. The van der Waals surface area contributed by atoms with Crippen LogP contribution < -0.4 is 9.64 Å². The van der Waals surface area contributed by atoms with E-state index in [9.17, 15) is 13.2 Å². The first-order valence-electron chi connectivity index (χ1n) is 7.59. The monoisotopic (exact) mass is 347 g/mol. The van der Waals surface area contributed by atoms with Crippen LogP contribution in [0, 0.1) is 0 Å². The van der Waals surface area contributed by atoms with Gasteiger partial charge in [0.05, 0.1) is 4.90 Å². The normalized spacial score (nSPS) is 11.3. The van der Waals surface area contributed by atoms with Gasteiger partial charge in [0, 0.05) is 18.0 Å². The lowest BCUT2D eigenvalue weighted by molar-refractivity contribution is -0.120. The van der Waals surface area contributed by atoms with E-state index in [1.165, 1.54) is 12.1 Å². The van der Waals surface area contributed by atoms with Crippen molar-refractivity contribution in [3.8, 4) is 5.75 Å². The molecule has 2 aromatic carbocycles. The Balaban J connectivity index is 2.06. The van der Waals surface area contributed by atoms with Crippen LogP contribution in [-0.4, -0.2) is 33.2 Å².